The van der Waals surface area contributed by atoms with Crippen LogP contribution >= 0.6 is 0 Å². The third-order valence-corrected chi connectivity index (χ3v) is 1.60. The molecule has 0 aromatic rings. The van der Waals surface area contributed by atoms with Gasteiger partial charge in [-0.1, -0.05) is 6.58 Å². The van der Waals surface area contributed by atoms with E-state index in [0.717, 1.165) is 0 Å². The number of carbonyl (C=O) groups is 4. The SMILES string of the molecule is C=C(C)C(=O)NC(=O)NC(CC(=O)O)C(=O)O. The highest BCUT2D eigenvalue weighted by Gasteiger charge is 2.23. The molecule has 0 spiro atoms. The molecule has 0 rings (SSSR count). The quantitative estimate of drug-likeness (QED) is 0.473. The second kappa shape index (κ2) is 6.26. The van der Waals surface area contributed by atoms with Gasteiger partial charge < -0.3 is 15.5 Å². The first-order valence-electron chi connectivity index (χ1n) is 4.46. The van der Waals surface area contributed by atoms with Gasteiger partial charge in [0.05, 0.1) is 6.42 Å². The molecule has 3 amide bonds. The molecule has 17 heavy (non-hydrogen) atoms. The third-order valence-electron chi connectivity index (χ3n) is 1.60. The molecule has 0 aliphatic heterocycles. The second-order valence-electron chi connectivity index (χ2n) is 3.20. The predicted octanol–water partition coefficient (Wildman–Crippen LogP) is -0.684. The Hall–Kier alpha value is -2.38. The van der Waals surface area contributed by atoms with E-state index in [2.05, 4.69) is 6.58 Å². The van der Waals surface area contributed by atoms with Crippen molar-refractivity contribution in [2.75, 3.05) is 0 Å². The lowest BCUT2D eigenvalue weighted by molar-refractivity contribution is -0.145. The van der Waals surface area contributed by atoms with Crippen LogP contribution in [0.4, 0.5) is 4.79 Å². The summed E-state index contributed by atoms with van der Waals surface area (Å²) < 4.78 is 0. The number of aliphatic carboxylic acids is 2. The maximum Gasteiger partial charge on any atom is 0.326 e. The Labute approximate surface area is 96.3 Å². The minimum absolute atomic E-state index is 0.0604. The minimum atomic E-state index is -1.61. The van der Waals surface area contributed by atoms with Crippen molar-refractivity contribution < 1.29 is 29.4 Å². The molecule has 1 atom stereocenters. The van der Waals surface area contributed by atoms with Gasteiger partial charge in [-0.15, -0.1) is 0 Å². The van der Waals surface area contributed by atoms with Crippen LogP contribution in [0.5, 0.6) is 0 Å². The Bertz CT molecular complexity index is 376. The van der Waals surface area contributed by atoms with Crippen LogP contribution in [0.3, 0.4) is 0 Å². The molecule has 0 aliphatic carbocycles. The second-order valence-corrected chi connectivity index (χ2v) is 3.20. The number of carboxylic acids is 2. The predicted molar refractivity (Wildman–Crippen MR) is 55.2 cm³/mol. The van der Waals surface area contributed by atoms with E-state index < -0.39 is 36.3 Å². The van der Waals surface area contributed by atoms with E-state index in [1.54, 1.807) is 5.32 Å². The fourth-order valence-electron chi connectivity index (χ4n) is 0.779. The van der Waals surface area contributed by atoms with Crippen LogP contribution < -0.4 is 10.6 Å². The molecule has 0 radical (unpaired) electrons. The lowest BCUT2D eigenvalue weighted by Crippen LogP contribution is -2.48. The van der Waals surface area contributed by atoms with Gasteiger partial charge in [0, 0.05) is 5.57 Å². The summed E-state index contributed by atoms with van der Waals surface area (Å²) in [5.74, 6) is -3.67. The Morgan fingerprint density at radius 3 is 2.12 bits per heavy atom. The fourth-order valence-corrected chi connectivity index (χ4v) is 0.779. The highest BCUT2D eigenvalue weighted by Crippen LogP contribution is 1.93. The van der Waals surface area contributed by atoms with E-state index >= 15 is 0 Å². The van der Waals surface area contributed by atoms with Gasteiger partial charge in [-0.25, -0.2) is 9.59 Å². The van der Waals surface area contributed by atoms with Crippen molar-refractivity contribution >= 4 is 23.9 Å². The number of hydrogen-bond donors (Lipinski definition) is 4. The van der Waals surface area contributed by atoms with Gasteiger partial charge in [-0.05, 0) is 6.92 Å². The van der Waals surface area contributed by atoms with Gasteiger partial charge in [0.1, 0.15) is 6.04 Å². The van der Waals surface area contributed by atoms with Crippen molar-refractivity contribution in [3.05, 3.63) is 12.2 Å². The molecule has 0 saturated heterocycles. The Balaban J connectivity index is 4.41. The molecule has 0 heterocycles. The van der Waals surface area contributed by atoms with E-state index in [-0.39, 0.29) is 5.57 Å². The molecule has 4 N–H and O–H groups in total. The number of amides is 3. The normalized spacial score (nSPS) is 11.1. The van der Waals surface area contributed by atoms with E-state index in [0.29, 0.717) is 0 Å². The molecule has 0 aromatic heterocycles. The number of carbonyl (C=O) groups excluding carboxylic acids is 2. The number of hydrogen-bond acceptors (Lipinski definition) is 4. The molecular weight excluding hydrogens is 232 g/mol. The van der Waals surface area contributed by atoms with Crippen molar-refractivity contribution in [2.45, 2.75) is 19.4 Å². The minimum Gasteiger partial charge on any atom is -0.481 e. The molecular formula is C9H12N2O6. The van der Waals surface area contributed by atoms with Gasteiger partial charge in [-0.2, -0.15) is 0 Å². The maximum atomic E-state index is 11.1. The van der Waals surface area contributed by atoms with Crippen LogP contribution in [0.1, 0.15) is 13.3 Å². The largest absolute Gasteiger partial charge is 0.481 e. The molecule has 0 saturated carbocycles. The van der Waals surface area contributed by atoms with E-state index in [4.69, 9.17) is 10.2 Å². The Kier molecular flexibility index (Phi) is 5.38. The lowest BCUT2D eigenvalue weighted by Gasteiger charge is -2.12. The van der Waals surface area contributed by atoms with E-state index in [1.165, 1.54) is 6.92 Å². The lowest BCUT2D eigenvalue weighted by atomic mass is 10.2. The summed E-state index contributed by atoms with van der Waals surface area (Å²) >= 11 is 0. The molecule has 8 nitrogen and oxygen atoms in total. The smallest absolute Gasteiger partial charge is 0.326 e. The zero-order chi connectivity index (χ0) is 13.6. The monoisotopic (exact) mass is 244 g/mol. The highest BCUT2D eigenvalue weighted by molar-refractivity contribution is 6.03. The van der Waals surface area contributed by atoms with Crippen LogP contribution in [0.15, 0.2) is 12.2 Å². The van der Waals surface area contributed by atoms with Crippen LogP contribution in [-0.2, 0) is 14.4 Å². The number of nitrogens with one attached hydrogen (secondary N) is 2. The molecule has 0 aromatic carbocycles. The van der Waals surface area contributed by atoms with E-state index in [1.807, 2.05) is 5.32 Å². The Morgan fingerprint density at radius 1 is 1.24 bits per heavy atom. The van der Waals surface area contributed by atoms with Gasteiger partial charge in [0.25, 0.3) is 5.91 Å². The molecule has 8 heteroatoms. The molecule has 0 bridgehead atoms. The summed E-state index contributed by atoms with van der Waals surface area (Å²) in [6.45, 7) is 4.62. The summed E-state index contributed by atoms with van der Waals surface area (Å²) in [6.07, 6.45) is -0.788. The van der Waals surface area contributed by atoms with Gasteiger partial charge in [-0.3, -0.25) is 14.9 Å². The first-order chi connectivity index (χ1) is 7.73. The van der Waals surface area contributed by atoms with E-state index in [9.17, 15) is 19.2 Å². The summed E-state index contributed by atoms with van der Waals surface area (Å²) in [5, 5.41) is 20.6. The van der Waals surface area contributed by atoms with Gasteiger partial charge in [0.15, 0.2) is 0 Å². The first-order valence-corrected chi connectivity index (χ1v) is 4.46. The standard InChI is InChI=1S/C9H12N2O6/c1-4(2)7(14)11-9(17)10-5(8(15)16)3-6(12)13/h5H,1,3H2,2H3,(H,12,13)(H,15,16)(H2,10,11,14,17). The van der Waals surface area contributed by atoms with Crippen LogP contribution in [-0.4, -0.2) is 40.1 Å². The van der Waals surface area contributed by atoms with Crippen LogP contribution in [0.25, 0.3) is 0 Å². The topological polar surface area (TPSA) is 133 Å². The molecule has 94 valence electrons. The summed E-state index contributed by atoms with van der Waals surface area (Å²) in [7, 11) is 0. The number of imide groups is 1. The Morgan fingerprint density at radius 2 is 1.76 bits per heavy atom. The summed E-state index contributed by atoms with van der Waals surface area (Å²) in [5.41, 5.74) is 0.0604. The first kappa shape index (κ1) is 14.6. The van der Waals surface area contributed by atoms with Crippen molar-refractivity contribution in [2.24, 2.45) is 0 Å². The maximum absolute atomic E-state index is 11.1. The molecule has 0 fully saturated rings. The fraction of sp³-hybridized carbons (Fsp3) is 0.333. The summed E-state index contributed by atoms with van der Waals surface area (Å²) in [6, 6.07) is -2.70. The van der Waals surface area contributed by atoms with Gasteiger partial charge in [0.2, 0.25) is 0 Å². The zero-order valence-corrected chi connectivity index (χ0v) is 9.02. The van der Waals surface area contributed by atoms with Gasteiger partial charge >= 0.3 is 18.0 Å². The third kappa shape index (κ3) is 5.92. The van der Waals surface area contributed by atoms with Crippen molar-refractivity contribution in [3.8, 4) is 0 Å². The number of carboxylic acid groups (broad SMARTS) is 2. The molecule has 0 aliphatic rings. The molecule has 1 unspecified atom stereocenters. The van der Waals surface area contributed by atoms with Crippen molar-refractivity contribution in [1.29, 1.82) is 0 Å². The van der Waals surface area contributed by atoms with Crippen LogP contribution in [0.2, 0.25) is 0 Å². The zero-order valence-electron chi connectivity index (χ0n) is 9.02. The average molecular weight is 244 g/mol. The number of rotatable bonds is 5. The van der Waals surface area contributed by atoms with Crippen LogP contribution in [0, 0.1) is 0 Å². The van der Waals surface area contributed by atoms with Crippen molar-refractivity contribution in [1.82, 2.24) is 10.6 Å². The average Bonchev–Trinajstić information content (AvgIpc) is 2.15. The van der Waals surface area contributed by atoms with Crippen molar-refractivity contribution in [3.63, 3.8) is 0 Å². The summed E-state index contributed by atoms with van der Waals surface area (Å²) in [4.78, 5) is 43.0. The highest BCUT2D eigenvalue weighted by atomic mass is 16.4. The number of urea groups is 1.